The number of aliphatic hydroxyl groups is 1. The van der Waals surface area contributed by atoms with Crippen molar-refractivity contribution in [3.63, 3.8) is 0 Å². The highest BCUT2D eigenvalue weighted by atomic mass is 79.9. The zero-order chi connectivity index (χ0) is 23.8. The smallest absolute Gasteiger partial charge is 0.290 e. The summed E-state index contributed by atoms with van der Waals surface area (Å²) in [4.78, 5) is 32.6. The van der Waals surface area contributed by atoms with Crippen molar-refractivity contribution in [1.82, 2.24) is 9.88 Å². The fraction of sp³-hybridized carbons (Fsp3) is 0.115. The second-order valence-corrected chi connectivity index (χ2v) is 8.73. The van der Waals surface area contributed by atoms with Crippen LogP contribution in [0, 0.1) is 0 Å². The number of amides is 1. The number of carbonyl (C=O) groups is 2. The number of Topliss-reactive ketones (excluding diaryl/α,β-unsaturated/α-hetero) is 1. The Morgan fingerprint density at radius 3 is 2.76 bits per heavy atom. The molecule has 1 amide bonds. The van der Waals surface area contributed by atoms with Crippen molar-refractivity contribution in [2.75, 3.05) is 7.11 Å². The molecule has 0 spiro atoms. The third-order valence-corrected chi connectivity index (χ3v) is 6.21. The molecule has 1 aliphatic heterocycles. The molecule has 1 N–H and O–H groups in total. The van der Waals surface area contributed by atoms with Crippen molar-refractivity contribution in [2.45, 2.75) is 12.6 Å². The first-order chi connectivity index (χ1) is 16.5. The quantitative estimate of drug-likeness (QED) is 0.344. The summed E-state index contributed by atoms with van der Waals surface area (Å²) in [7, 11) is 1.54. The molecule has 3 heterocycles. The topological polar surface area (TPSA) is 92.9 Å². The molecule has 2 aromatic carbocycles. The fourth-order valence-electron chi connectivity index (χ4n) is 4.13. The summed E-state index contributed by atoms with van der Waals surface area (Å²) >= 11 is 3.41. The maximum Gasteiger partial charge on any atom is 0.290 e. The Morgan fingerprint density at radius 1 is 1.15 bits per heavy atom. The molecule has 2 aromatic heterocycles. The summed E-state index contributed by atoms with van der Waals surface area (Å²) in [5, 5.41) is 11.6. The van der Waals surface area contributed by atoms with Gasteiger partial charge in [0.25, 0.3) is 5.91 Å². The number of hydrogen-bond acceptors (Lipinski definition) is 6. The molecule has 4 aromatic rings. The van der Waals surface area contributed by atoms with Crippen LogP contribution in [0.4, 0.5) is 0 Å². The molecule has 0 radical (unpaired) electrons. The van der Waals surface area contributed by atoms with Gasteiger partial charge in [-0.3, -0.25) is 14.6 Å². The summed E-state index contributed by atoms with van der Waals surface area (Å²) in [6.45, 7) is 0.107. The molecule has 0 bridgehead atoms. The normalized spacial score (nSPS) is 15.9. The Balaban J connectivity index is 1.61. The SMILES string of the molecule is COc1cccc(C2C(C(=O)c3cc4cc(Br)ccc4o3)=C(O)C(=O)N2Cc2ccccn2)c1. The van der Waals surface area contributed by atoms with Crippen molar-refractivity contribution >= 4 is 38.6 Å². The molecular weight excluding hydrogens is 500 g/mol. The molecule has 1 aliphatic rings. The van der Waals surface area contributed by atoms with Crippen molar-refractivity contribution in [1.29, 1.82) is 0 Å². The number of furan rings is 1. The number of nitrogens with zero attached hydrogens (tertiary/aromatic N) is 2. The van der Waals surface area contributed by atoms with Gasteiger partial charge in [-0.05, 0) is 54.1 Å². The van der Waals surface area contributed by atoms with E-state index in [2.05, 4.69) is 20.9 Å². The van der Waals surface area contributed by atoms with E-state index in [1.807, 2.05) is 18.2 Å². The molecule has 0 saturated carbocycles. The number of hydrogen-bond donors (Lipinski definition) is 1. The minimum absolute atomic E-state index is 0.0371. The van der Waals surface area contributed by atoms with E-state index < -0.39 is 23.5 Å². The summed E-state index contributed by atoms with van der Waals surface area (Å²) in [5.41, 5.74) is 1.72. The number of fused-ring (bicyclic) bond motifs is 1. The van der Waals surface area contributed by atoms with E-state index in [9.17, 15) is 14.7 Å². The van der Waals surface area contributed by atoms with Crippen LogP contribution in [0.15, 0.2) is 93.1 Å². The van der Waals surface area contributed by atoms with E-state index in [1.165, 1.54) is 12.0 Å². The number of ether oxygens (including phenoxy) is 1. The first-order valence-corrected chi connectivity index (χ1v) is 11.3. The lowest BCUT2D eigenvalue weighted by molar-refractivity contribution is -0.130. The van der Waals surface area contributed by atoms with Crippen LogP contribution in [0.1, 0.15) is 27.9 Å². The van der Waals surface area contributed by atoms with Gasteiger partial charge in [0.05, 0.1) is 31.0 Å². The molecule has 1 unspecified atom stereocenters. The molecule has 0 fully saturated rings. The molecule has 1 atom stereocenters. The van der Waals surface area contributed by atoms with Gasteiger partial charge in [-0.25, -0.2) is 0 Å². The maximum atomic E-state index is 13.6. The monoisotopic (exact) mass is 518 g/mol. The second kappa shape index (κ2) is 8.79. The van der Waals surface area contributed by atoms with Gasteiger partial charge in [0.15, 0.2) is 11.5 Å². The Kier molecular flexibility index (Phi) is 5.67. The van der Waals surface area contributed by atoms with Crippen molar-refractivity contribution in [3.05, 3.63) is 106 Å². The van der Waals surface area contributed by atoms with E-state index in [-0.39, 0.29) is 17.9 Å². The first-order valence-electron chi connectivity index (χ1n) is 10.5. The zero-order valence-corrected chi connectivity index (χ0v) is 19.7. The minimum Gasteiger partial charge on any atom is -0.503 e. The van der Waals surface area contributed by atoms with E-state index in [4.69, 9.17) is 9.15 Å². The highest BCUT2D eigenvalue weighted by Gasteiger charge is 2.44. The Labute approximate surface area is 203 Å². The van der Waals surface area contributed by atoms with Gasteiger partial charge in [-0.1, -0.05) is 34.1 Å². The van der Waals surface area contributed by atoms with E-state index in [1.54, 1.807) is 54.7 Å². The van der Waals surface area contributed by atoms with Gasteiger partial charge in [-0.2, -0.15) is 0 Å². The van der Waals surface area contributed by atoms with Crippen molar-refractivity contribution in [3.8, 4) is 5.75 Å². The van der Waals surface area contributed by atoms with Crippen LogP contribution in [0.5, 0.6) is 5.75 Å². The number of aromatic nitrogens is 1. The zero-order valence-electron chi connectivity index (χ0n) is 18.1. The van der Waals surface area contributed by atoms with E-state index >= 15 is 0 Å². The summed E-state index contributed by atoms with van der Waals surface area (Å²) < 4.78 is 12.0. The van der Waals surface area contributed by atoms with Crippen LogP contribution in [0.3, 0.4) is 0 Å². The molecule has 34 heavy (non-hydrogen) atoms. The number of aliphatic hydroxyl groups excluding tert-OH is 1. The minimum atomic E-state index is -0.850. The largest absolute Gasteiger partial charge is 0.503 e. The molecule has 8 heteroatoms. The van der Waals surface area contributed by atoms with Crippen LogP contribution in [-0.4, -0.2) is 33.8 Å². The predicted octanol–water partition coefficient (Wildman–Crippen LogP) is 5.38. The van der Waals surface area contributed by atoms with Gasteiger partial charge in [0.2, 0.25) is 5.78 Å². The number of halogens is 1. The molecule has 0 saturated heterocycles. The maximum absolute atomic E-state index is 13.6. The average Bonchev–Trinajstić information content (AvgIpc) is 3.38. The van der Waals surface area contributed by atoms with Gasteiger partial charge in [0.1, 0.15) is 11.3 Å². The number of carbonyl (C=O) groups excluding carboxylic acids is 2. The molecule has 7 nitrogen and oxygen atoms in total. The lowest BCUT2D eigenvalue weighted by Gasteiger charge is -2.26. The average molecular weight is 519 g/mol. The van der Waals surface area contributed by atoms with Crippen molar-refractivity contribution < 1.29 is 23.8 Å². The van der Waals surface area contributed by atoms with E-state index in [0.29, 0.717) is 22.6 Å². The van der Waals surface area contributed by atoms with E-state index in [0.717, 1.165) is 9.86 Å². The highest BCUT2D eigenvalue weighted by Crippen LogP contribution is 2.41. The summed E-state index contributed by atoms with van der Waals surface area (Å²) in [6, 6.07) is 18.6. The van der Waals surface area contributed by atoms with Crippen LogP contribution in [0.25, 0.3) is 11.0 Å². The Bertz CT molecular complexity index is 1440. The van der Waals surface area contributed by atoms with Crippen LogP contribution in [-0.2, 0) is 11.3 Å². The molecular formula is C26H19BrN2O5. The summed E-state index contributed by atoms with van der Waals surface area (Å²) in [5.74, 6) is -1.21. The number of rotatable bonds is 6. The second-order valence-electron chi connectivity index (χ2n) is 7.82. The lowest BCUT2D eigenvalue weighted by Crippen LogP contribution is -2.31. The first kappa shape index (κ1) is 21.9. The molecule has 0 aliphatic carbocycles. The van der Waals surface area contributed by atoms with Crippen LogP contribution >= 0.6 is 15.9 Å². The number of methoxy groups -OCH3 is 1. The molecule has 170 valence electrons. The van der Waals surface area contributed by atoms with Gasteiger partial charge < -0.3 is 19.2 Å². The Morgan fingerprint density at radius 2 is 2.00 bits per heavy atom. The molecule has 5 rings (SSSR count). The van der Waals surface area contributed by atoms with Gasteiger partial charge in [0, 0.05) is 16.1 Å². The lowest BCUT2D eigenvalue weighted by atomic mass is 9.94. The van der Waals surface area contributed by atoms with Crippen molar-refractivity contribution in [2.24, 2.45) is 0 Å². The fourth-order valence-corrected chi connectivity index (χ4v) is 4.51. The third-order valence-electron chi connectivity index (χ3n) is 5.72. The standard InChI is InChI=1S/C26H19BrN2O5/c1-33-19-7-4-5-15(12-19)23-22(24(30)21-13-16-11-17(27)8-9-20(16)34-21)25(31)26(32)29(23)14-18-6-2-3-10-28-18/h2-13,23,31H,14H2,1H3. The van der Waals surface area contributed by atoms with Gasteiger partial charge in [-0.15, -0.1) is 0 Å². The Hall–Kier alpha value is -3.91. The van der Waals surface area contributed by atoms with Crippen LogP contribution in [0.2, 0.25) is 0 Å². The number of pyridine rings is 1. The predicted molar refractivity (Wildman–Crippen MR) is 128 cm³/mol. The number of ketones is 1. The third kappa shape index (κ3) is 3.86. The van der Waals surface area contributed by atoms with Gasteiger partial charge >= 0.3 is 0 Å². The number of benzene rings is 2. The van der Waals surface area contributed by atoms with Crippen LogP contribution < -0.4 is 4.74 Å². The summed E-state index contributed by atoms with van der Waals surface area (Å²) in [6.07, 6.45) is 1.63. The highest BCUT2D eigenvalue weighted by molar-refractivity contribution is 9.10.